The monoisotopic (exact) mass is 248 g/mol. The smallest absolute Gasteiger partial charge is 0.192 e. The van der Waals surface area contributed by atoms with Crippen molar-refractivity contribution in [2.24, 2.45) is 0 Å². The van der Waals surface area contributed by atoms with Crippen molar-refractivity contribution in [2.75, 3.05) is 0 Å². The third kappa shape index (κ3) is 2.47. The first-order valence-corrected chi connectivity index (χ1v) is 6.08. The zero-order valence-corrected chi connectivity index (χ0v) is 10.2. The van der Waals surface area contributed by atoms with E-state index in [1.807, 2.05) is 60.7 Å². The molecule has 1 aromatic heterocycles. The number of rotatable bonds is 2. The van der Waals surface area contributed by atoms with Gasteiger partial charge >= 0.3 is 0 Å². The minimum absolute atomic E-state index is 0.0174. The summed E-state index contributed by atoms with van der Waals surface area (Å²) in [6.07, 6.45) is 5.43. The highest BCUT2D eigenvalue weighted by atomic mass is 16.3. The summed E-state index contributed by atoms with van der Waals surface area (Å²) >= 11 is 0. The van der Waals surface area contributed by atoms with E-state index in [-0.39, 0.29) is 5.43 Å². The Morgan fingerprint density at radius 3 is 2.47 bits per heavy atom. The molecule has 92 valence electrons. The largest absolute Gasteiger partial charge is 0.464 e. The SMILES string of the molecule is O=c1ccoc2ccc(/C=C/c3ccccc3)cc12. The first kappa shape index (κ1) is 11.5. The quantitative estimate of drug-likeness (QED) is 0.642. The summed E-state index contributed by atoms with van der Waals surface area (Å²) in [5.41, 5.74) is 2.71. The van der Waals surface area contributed by atoms with E-state index in [0.717, 1.165) is 11.1 Å². The Morgan fingerprint density at radius 1 is 0.842 bits per heavy atom. The topological polar surface area (TPSA) is 30.2 Å². The molecule has 19 heavy (non-hydrogen) atoms. The van der Waals surface area contributed by atoms with Gasteiger partial charge in [0.2, 0.25) is 0 Å². The van der Waals surface area contributed by atoms with Crippen LogP contribution < -0.4 is 5.43 Å². The van der Waals surface area contributed by atoms with Gasteiger partial charge in [0.05, 0.1) is 11.6 Å². The highest BCUT2D eigenvalue weighted by Gasteiger charge is 1.99. The molecule has 3 aromatic rings. The van der Waals surface area contributed by atoms with Crippen LogP contribution in [0.3, 0.4) is 0 Å². The molecule has 0 aliphatic carbocycles. The molecule has 0 aliphatic rings. The molecule has 0 aliphatic heterocycles. The number of fused-ring (bicyclic) bond motifs is 1. The fourth-order valence-corrected chi connectivity index (χ4v) is 1.96. The van der Waals surface area contributed by atoms with Crippen LogP contribution in [0.2, 0.25) is 0 Å². The molecule has 2 nitrogen and oxygen atoms in total. The molecule has 2 heteroatoms. The van der Waals surface area contributed by atoms with E-state index in [1.165, 1.54) is 12.3 Å². The van der Waals surface area contributed by atoms with Crippen LogP contribution in [0.15, 0.2) is 70.1 Å². The summed E-state index contributed by atoms with van der Waals surface area (Å²) in [6.45, 7) is 0. The van der Waals surface area contributed by atoms with Crippen LogP contribution in [0.1, 0.15) is 11.1 Å². The van der Waals surface area contributed by atoms with Crippen molar-refractivity contribution in [3.8, 4) is 0 Å². The Hall–Kier alpha value is -2.61. The predicted octanol–water partition coefficient (Wildman–Crippen LogP) is 3.96. The van der Waals surface area contributed by atoms with Crippen LogP contribution in [0.4, 0.5) is 0 Å². The van der Waals surface area contributed by atoms with E-state index in [1.54, 1.807) is 0 Å². The lowest BCUT2D eigenvalue weighted by Crippen LogP contribution is -1.97. The van der Waals surface area contributed by atoms with Gasteiger partial charge in [-0.05, 0) is 23.3 Å². The van der Waals surface area contributed by atoms with Crippen LogP contribution in [-0.4, -0.2) is 0 Å². The zero-order chi connectivity index (χ0) is 13.1. The Morgan fingerprint density at radius 2 is 1.63 bits per heavy atom. The maximum Gasteiger partial charge on any atom is 0.192 e. The first-order valence-electron chi connectivity index (χ1n) is 6.08. The van der Waals surface area contributed by atoms with Gasteiger partial charge in [0, 0.05) is 6.07 Å². The van der Waals surface area contributed by atoms with Crippen molar-refractivity contribution in [3.05, 3.63) is 82.2 Å². The lowest BCUT2D eigenvalue weighted by molar-refractivity contribution is 0.602. The maximum absolute atomic E-state index is 11.7. The molecule has 0 atom stereocenters. The van der Waals surface area contributed by atoms with Gasteiger partial charge in [0.25, 0.3) is 0 Å². The van der Waals surface area contributed by atoms with E-state index >= 15 is 0 Å². The maximum atomic E-state index is 11.7. The van der Waals surface area contributed by atoms with E-state index < -0.39 is 0 Å². The molecule has 3 rings (SSSR count). The van der Waals surface area contributed by atoms with Crippen molar-refractivity contribution in [2.45, 2.75) is 0 Å². The van der Waals surface area contributed by atoms with Crippen LogP contribution in [-0.2, 0) is 0 Å². The van der Waals surface area contributed by atoms with Crippen molar-refractivity contribution in [1.82, 2.24) is 0 Å². The summed E-state index contributed by atoms with van der Waals surface area (Å²) in [5.74, 6) is 0. The first-order chi connectivity index (χ1) is 9.33. The molecule has 0 spiro atoms. The minimum Gasteiger partial charge on any atom is -0.464 e. The molecule has 0 saturated carbocycles. The number of hydrogen-bond acceptors (Lipinski definition) is 2. The summed E-state index contributed by atoms with van der Waals surface area (Å²) < 4.78 is 5.29. The van der Waals surface area contributed by atoms with Gasteiger partial charge in [-0.25, -0.2) is 0 Å². The van der Waals surface area contributed by atoms with Gasteiger partial charge in [0.15, 0.2) is 5.43 Å². The summed E-state index contributed by atoms with van der Waals surface area (Å²) in [6, 6.07) is 17.1. The van der Waals surface area contributed by atoms with Gasteiger partial charge in [-0.1, -0.05) is 48.6 Å². The van der Waals surface area contributed by atoms with Crippen LogP contribution in [0, 0.1) is 0 Å². The van der Waals surface area contributed by atoms with E-state index in [9.17, 15) is 4.79 Å². The number of hydrogen-bond donors (Lipinski definition) is 0. The molecule has 0 bridgehead atoms. The highest BCUT2D eigenvalue weighted by molar-refractivity contribution is 5.81. The highest BCUT2D eigenvalue weighted by Crippen LogP contribution is 2.14. The normalized spacial score (nSPS) is 11.2. The fraction of sp³-hybridized carbons (Fsp3) is 0. The van der Waals surface area contributed by atoms with Crippen molar-refractivity contribution in [3.63, 3.8) is 0 Å². The van der Waals surface area contributed by atoms with Gasteiger partial charge in [-0.3, -0.25) is 4.79 Å². The van der Waals surface area contributed by atoms with Crippen LogP contribution >= 0.6 is 0 Å². The standard InChI is InChI=1S/C17H12O2/c18-16-10-11-19-17-9-8-14(12-15(16)17)7-6-13-4-2-1-3-5-13/h1-12H/b7-6+. The molecule has 0 unspecified atom stereocenters. The molecule has 0 N–H and O–H groups in total. The fourth-order valence-electron chi connectivity index (χ4n) is 1.96. The second-order valence-electron chi connectivity index (χ2n) is 4.28. The van der Waals surface area contributed by atoms with Gasteiger partial charge < -0.3 is 4.42 Å². The second kappa shape index (κ2) is 4.94. The molecule has 0 saturated heterocycles. The van der Waals surface area contributed by atoms with Crippen molar-refractivity contribution in [1.29, 1.82) is 0 Å². The molecule has 2 aromatic carbocycles. The lowest BCUT2D eigenvalue weighted by Gasteiger charge is -1.98. The Balaban J connectivity index is 2.00. The molecule has 1 heterocycles. The molecule has 0 radical (unpaired) electrons. The Bertz CT molecular complexity index is 783. The van der Waals surface area contributed by atoms with E-state index in [4.69, 9.17) is 4.42 Å². The predicted molar refractivity (Wildman–Crippen MR) is 77.9 cm³/mol. The second-order valence-corrected chi connectivity index (χ2v) is 4.28. The minimum atomic E-state index is -0.0174. The molecule has 0 fully saturated rings. The molecular weight excluding hydrogens is 236 g/mol. The average Bonchev–Trinajstić information content (AvgIpc) is 2.47. The zero-order valence-electron chi connectivity index (χ0n) is 10.2. The lowest BCUT2D eigenvalue weighted by atomic mass is 10.1. The molecule has 0 amide bonds. The van der Waals surface area contributed by atoms with E-state index in [0.29, 0.717) is 11.0 Å². The molecular formula is C17H12O2. The summed E-state index contributed by atoms with van der Waals surface area (Å²) in [4.78, 5) is 11.7. The van der Waals surface area contributed by atoms with Crippen LogP contribution in [0.5, 0.6) is 0 Å². The van der Waals surface area contributed by atoms with E-state index in [2.05, 4.69) is 0 Å². The third-order valence-corrected chi connectivity index (χ3v) is 2.95. The number of benzene rings is 2. The van der Waals surface area contributed by atoms with Crippen molar-refractivity contribution < 1.29 is 4.42 Å². The van der Waals surface area contributed by atoms with Crippen molar-refractivity contribution >= 4 is 23.1 Å². The van der Waals surface area contributed by atoms with Gasteiger partial charge in [-0.2, -0.15) is 0 Å². The van der Waals surface area contributed by atoms with Gasteiger partial charge in [0.1, 0.15) is 5.58 Å². The summed E-state index contributed by atoms with van der Waals surface area (Å²) in [7, 11) is 0. The van der Waals surface area contributed by atoms with Crippen LogP contribution in [0.25, 0.3) is 23.1 Å². The Kier molecular flexibility index (Phi) is 2.99. The van der Waals surface area contributed by atoms with Gasteiger partial charge in [-0.15, -0.1) is 0 Å². The summed E-state index contributed by atoms with van der Waals surface area (Å²) in [5, 5.41) is 0.609. The average molecular weight is 248 g/mol. The Labute approximate surface area is 110 Å². The third-order valence-electron chi connectivity index (χ3n) is 2.95.